The number of rotatable bonds is 6. The molecule has 5 heteroatoms. The van der Waals surface area contributed by atoms with Gasteiger partial charge in [0, 0.05) is 18.0 Å². The highest BCUT2D eigenvalue weighted by atomic mass is 32.2. The lowest BCUT2D eigenvalue weighted by Gasteiger charge is -2.25. The van der Waals surface area contributed by atoms with E-state index in [1.165, 1.54) is 4.31 Å². The van der Waals surface area contributed by atoms with E-state index in [0.717, 1.165) is 32.7 Å². The van der Waals surface area contributed by atoms with Crippen LogP contribution in [-0.2, 0) is 16.6 Å². The molecule has 0 aliphatic heterocycles. The molecule has 0 unspecified atom stereocenters. The summed E-state index contributed by atoms with van der Waals surface area (Å²) >= 11 is 1.57. The molecule has 0 saturated carbocycles. The Morgan fingerprint density at radius 3 is 2.04 bits per heavy atom. The van der Waals surface area contributed by atoms with Gasteiger partial charge < -0.3 is 0 Å². The van der Waals surface area contributed by atoms with Crippen LogP contribution in [0.15, 0.2) is 35.1 Å². The molecule has 2 aromatic rings. The Labute approximate surface area is 149 Å². The number of thiophene rings is 1. The summed E-state index contributed by atoms with van der Waals surface area (Å²) in [6, 6.07) is 3.90. The molecule has 3 nitrogen and oxygen atoms in total. The standard InChI is InChI=1S/C19H25NO2S2/c1-7-10-20(12-18-9-8-11-23-18)24(21,22)19-16(5)14(3)13(2)15(4)17(19)6/h7-9,11H,1,10,12H2,2-6H3. The first-order valence-corrected chi connectivity index (χ1v) is 10.2. The lowest BCUT2D eigenvalue weighted by molar-refractivity contribution is 0.440. The molecule has 1 heterocycles. The number of hydrogen-bond donors (Lipinski definition) is 0. The minimum absolute atomic E-state index is 0.297. The summed E-state index contributed by atoms with van der Waals surface area (Å²) in [6.07, 6.45) is 1.64. The highest BCUT2D eigenvalue weighted by molar-refractivity contribution is 7.89. The zero-order valence-corrected chi connectivity index (χ0v) is 16.6. The quantitative estimate of drug-likeness (QED) is 0.700. The smallest absolute Gasteiger partial charge is 0.207 e. The maximum atomic E-state index is 13.4. The summed E-state index contributed by atoms with van der Waals surface area (Å²) in [6.45, 7) is 14.2. The van der Waals surface area contributed by atoms with E-state index in [1.807, 2.05) is 52.1 Å². The largest absolute Gasteiger partial charge is 0.244 e. The molecule has 0 amide bonds. The fourth-order valence-corrected chi connectivity index (χ4v) is 5.70. The van der Waals surface area contributed by atoms with Gasteiger partial charge in [0.1, 0.15) is 0 Å². The molecule has 0 atom stereocenters. The Morgan fingerprint density at radius 2 is 1.58 bits per heavy atom. The van der Waals surface area contributed by atoms with Crippen LogP contribution in [0.3, 0.4) is 0 Å². The Balaban J connectivity index is 2.61. The van der Waals surface area contributed by atoms with Crippen LogP contribution in [0.25, 0.3) is 0 Å². The van der Waals surface area contributed by atoms with Crippen molar-refractivity contribution in [3.63, 3.8) is 0 Å². The van der Waals surface area contributed by atoms with Crippen molar-refractivity contribution in [1.29, 1.82) is 0 Å². The zero-order valence-electron chi connectivity index (χ0n) is 15.0. The van der Waals surface area contributed by atoms with Crippen molar-refractivity contribution in [2.24, 2.45) is 0 Å². The van der Waals surface area contributed by atoms with E-state index in [4.69, 9.17) is 0 Å². The summed E-state index contributed by atoms with van der Waals surface area (Å²) in [5, 5.41) is 1.96. The molecular formula is C19H25NO2S2. The van der Waals surface area contributed by atoms with Crippen LogP contribution in [-0.4, -0.2) is 19.3 Å². The molecule has 0 bridgehead atoms. The number of hydrogen-bond acceptors (Lipinski definition) is 3. The molecule has 0 saturated heterocycles. The molecule has 2 rings (SSSR count). The molecule has 0 spiro atoms. The monoisotopic (exact) mass is 363 g/mol. The molecule has 0 N–H and O–H groups in total. The normalized spacial score (nSPS) is 11.9. The number of nitrogens with zero attached hydrogens (tertiary/aromatic N) is 1. The molecular weight excluding hydrogens is 338 g/mol. The Hall–Kier alpha value is -1.43. The summed E-state index contributed by atoms with van der Waals surface area (Å²) in [5.41, 5.74) is 4.95. The van der Waals surface area contributed by atoms with Crippen LogP contribution in [0.1, 0.15) is 32.7 Å². The molecule has 0 radical (unpaired) electrons. The van der Waals surface area contributed by atoms with Crippen molar-refractivity contribution in [2.45, 2.75) is 46.1 Å². The van der Waals surface area contributed by atoms with Gasteiger partial charge >= 0.3 is 0 Å². The van der Waals surface area contributed by atoms with E-state index in [1.54, 1.807) is 17.4 Å². The maximum Gasteiger partial charge on any atom is 0.244 e. The van der Waals surface area contributed by atoms with Gasteiger partial charge in [-0.3, -0.25) is 0 Å². The van der Waals surface area contributed by atoms with Crippen molar-refractivity contribution >= 4 is 21.4 Å². The Morgan fingerprint density at radius 1 is 1.04 bits per heavy atom. The minimum Gasteiger partial charge on any atom is -0.207 e. The summed E-state index contributed by atoms with van der Waals surface area (Å²) in [5.74, 6) is 0. The van der Waals surface area contributed by atoms with Crippen molar-refractivity contribution in [1.82, 2.24) is 4.31 Å². The molecule has 0 aliphatic carbocycles. The molecule has 0 aliphatic rings. The highest BCUT2D eigenvalue weighted by Gasteiger charge is 2.29. The van der Waals surface area contributed by atoms with Gasteiger partial charge in [0.25, 0.3) is 0 Å². The summed E-state index contributed by atoms with van der Waals surface area (Å²) < 4.78 is 28.3. The van der Waals surface area contributed by atoms with E-state index in [2.05, 4.69) is 6.58 Å². The fourth-order valence-electron chi connectivity index (χ4n) is 2.95. The molecule has 24 heavy (non-hydrogen) atoms. The second-order valence-electron chi connectivity index (χ2n) is 6.12. The van der Waals surface area contributed by atoms with Crippen LogP contribution >= 0.6 is 11.3 Å². The van der Waals surface area contributed by atoms with Crippen molar-refractivity contribution < 1.29 is 8.42 Å². The highest BCUT2D eigenvalue weighted by Crippen LogP contribution is 2.32. The zero-order chi connectivity index (χ0) is 18.1. The first-order valence-electron chi connectivity index (χ1n) is 7.92. The lowest BCUT2D eigenvalue weighted by atomic mass is 9.95. The number of sulfonamides is 1. The first-order chi connectivity index (χ1) is 11.2. The van der Waals surface area contributed by atoms with Gasteiger partial charge in [-0.1, -0.05) is 12.1 Å². The average Bonchev–Trinajstić information content (AvgIpc) is 3.03. The predicted octanol–water partition coefficient (Wildman–Crippen LogP) is 4.67. The van der Waals surface area contributed by atoms with Crippen LogP contribution in [0.2, 0.25) is 0 Å². The molecule has 130 valence electrons. The second kappa shape index (κ2) is 7.21. The topological polar surface area (TPSA) is 37.4 Å². The van der Waals surface area contributed by atoms with Crippen LogP contribution in [0, 0.1) is 34.6 Å². The van der Waals surface area contributed by atoms with Gasteiger partial charge in [0.05, 0.1) is 4.90 Å². The van der Waals surface area contributed by atoms with Crippen LogP contribution < -0.4 is 0 Å². The van der Waals surface area contributed by atoms with Crippen LogP contribution in [0.4, 0.5) is 0 Å². The average molecular weight is 364 g/mol. The van der Waals surface area contributed by atoms with Gasteiger partial charge in [-0.05, 0) is 73.9 Å². The second-order valence-corrected chi connectivity index (χ2v) is 9.03. The third-order valence-corrected chi connectivity index (χ3v) is 7.72. The maximum absolute atomic E-state index is 13.4. The molecule has 1 aromatic heterocycles. The van der Waals surface area contributed by atoms with E-state index < -0.39 is 10.0 Å². The van der Waals surface area contributed by atoms with Gasteiger partial charge in [0.15, 0.2) is 0 Å². The minimum atomic E-state index is -3.59. The summed E-state index contributed by atoms with van der Waals surface area (Å²) in [4.78, 5) is 1.47. The lowest BCUT2D eigenvalue weighted by Crippen LogP contribution is -2.32. The first kappa shape index (κ1) is 18.9. The van der Waals surface area contributed by atoms with Gasteiger partial charge in [-0.25, -0.2) is 8.42 Å². The van der Waals surface area contributed by atoms with Crippen molar-refractivity contribution in [2.75, 3.05) is 6.54 Å². The van der Waals surface area contributed by atoms with Crippen molar-refractivity contribution in [3.05, 3.63) is 62.9 Å². The van der Waals surface area contributed by atoms with E-state index in [9.17, 15) is 8.42 Å². The van der Waals surface area contributed by atoms with Gasteiger partial charge in [-0.2, -0.15) is 4.31 Å². The van der Waals surface area contributed by atoms with E-state index in [-0.39, 0.29) is 0 Å². The molecule has 1 aromatic carbocycles. The number of benzene rings is 1. The van der Waals surface area contributed by atoms with Gasteiger partial charge in [-0.15, -0.1) is 17.9 Å². The third-order valence-electron chi connectivity index (χ3n) is 4.77. The SMILES string of the molecule is C=CCN(Cc1cccs1)S(=O)(=O)c1c(C)c(C)c(C)c(C)c1C. The van der Waals surface area contributed by atoms with E-state index >= 15 is 0 Å². The predicted molar refractivity (Wildman–Crippen MR) is 102 cm³/mol. The fraction of sp³-hybridized carbons (Fsp3) is 0.368. The Kier molecular flexibility index (Phi) is 5.68. The third kappa shape index (κ3) is 3.34. The summed E-state index contributed by atoms with van der Waals surface area (Å²) in [7, 11) is -3.59. The molecule has 0 fully saturated rings. The van der Waals surface area contributed by atoms with Gasteiger partial charge in [0.2, 0.25) is 10.0 Å². The van der Waals surface area contributed by atoms with Crippen molar-refractivity contribution in [3.8, 4) is 0 Å². The van der Waals surface area contributed by atoms with E-state index in [0.29, 0.717) is 18.0 Å². The van der Waals surface area contributed by atoms with Crippen LogP contribution in [0.5, 0.6) is 0 Å². The Bertz CT molecular complexity index is 821.